The van der Waals surface area contributed by atoms with Gasteiger partial charge in [0.1, 0.15) is 5.82 Å². The average molecular weight is 239 g/mol. The van der Waals surface area contributed by atoms with Gasteiger partial charge in [0, 0.05) is 30.7 Å². The number of fused-ring (bicyclic) bond motifs is 1. The Labute approximate surface area is 107 Å². The van der Waals surface area contributed by atoms with Crippen LogP contribution in [0.3, 0.4) is 0 Å². The van der Waals surface area contributed by atoms with Crippen molar-refractivity contribution < 1.29 is 0 Å². The van der Waals surface area contributed by atoms with Crippen LogP contribution >= 0.6 is 0 Å². The molecule has 0 amide bonds. The van der Waals surface area contributed by atoms with Gasteiger partial charge in [-0.1, -0.05) is 11.6 Å². The van der Waals surface area contributed by atoms with E-state index in [2.05, 4.69) is 58.4 Å². The van der Waals surface area contributed by atoms with Crippen molar-refractivity contribution in [1.29, 1.82) is 0 Å². The predicted molar refractivity (Wildman–Crippen MR) is 73.7 cm³/mol. The average Bonchev–Trinajstić information content (AvgIpc) is 2.96. The number of hydrogen-bond donors (Lipinski definition) is 0. The molecule has 0 bridgehead atoms. The first-order valence-corrected chi connectivity index (χ1v) is 6.33. The van der Waals surface area contributed by atoms with E-state index in [0.29, 0.717) is 0 Å². The van der Waals surface area contributed by atoms with Gasteiger partial charge in [-0.05, 0) is 37.4 Å². The molecule has 3 aromatic rings. The number of aromatic nitrogens is 3. The van der Waals surface area contributed by atoms with E-state index in [-0.39, 0.29) is 0 Å². The number of imidazole rings is 1. The molecule has 0 unspecified atom stereocenters. The molecular formula is C15H17N3. The van der Waals surface area contributed by atoms with Crippen LogP contribution in [-0.4, -0.2) is 14.1 Å². The molecule has 2 heterocycles. The van der Waals surface area contributed by atoms with E-state index in [1.165, 1.54) is 16.5 Å². The Morgan fingerprint density at radius 3 is 2.83 bits per heavy atom. The van der Waals surface area contributed by atoms with Crippen molar-refractivity contribution in [3.05, 3.63) is 54.2 Å². The van der Waals surface area contributed by atoms with Crippen LogP contribution in [0.1, 0.15) is 18.3 Å². The first-order valence-electron chi connectivity index (χ1n) is 6.33. The second-order valence-electron chi connectivity index (χ2n) is 4.64. The second-order valence-corrected chi connectivity index (χ2v) is 4.64. The fourth-order valence-electron chi connectivity index (χ4n) is 2.39. The van der Waals surface area contributed by atoms with Gasteiger partial charge in [0.05, 0.1) is 6.54 Å². The van der Waals surface area contributed by atoms with E-state index >= 15 is 0 Å². The fraction of sp³-hybridized carbons (Fsp3) is 0.267. The molecular weight excluding hydrogens is 222 g/mol. The number of aryl methyl sites for hydroxylation is 2. The topological polar surface area (TPSA) is 22.8 Å². The number of nitrogens with zero attached hydrogens (tertiary/aromatic N) is 3. The molecule has 0 radical (unpaired) electrons. The van der Waals surface area contributed by atoms with Crippen LogP contribution in [0.15, 0.2) is 42.9 Å². The summed E-state index contributed by atoms with van der Waals surface area (Å²) in [5.74, 6) is 1.11. The molecule has 2 aromatic heterocycles. The van der Waals surface area contributed by atoms with Gasteiger partial charge in [0.2, 0.25) is 0 Å². The molecule has 92 valence electrons. The van der Waals surface area contributed by atoms with Crippen LogP contribution in [0, 0.1) is 6.92 Å². The summed E-state index contributed by atoms with van der Waals surface area (Å²) in [6, 6.07) is 8.73. The summed E-state index contributed by atoms with van der Waals surface area (Å²) >= 11 is 0. The lowest BCUT2D eigenvalue weighted by Gasteiger charge is -2.07. The van der Waals surface area contributed by atoms with E-state index in [1.54, 1.807) is 0 Å². The van der Waals surface area contributed by atoms with E-state index in [4.69, 9.17) is 0 Å². The van der Waals surface area contributed by atoms with Gasteiger partial charge < -0.3 is 9.13 Å². The lowest BCUT2D eigenvalue weighted by Crippen LogP contribution is -2.06. The summed E-state index contributed by atoms with van der Waals surface area (Å²) in [6.07, 6.45) is 6.04. The van der Waals surface area contributed by atoms with Crippen molar-refractivity contribution in [3.8, 4) is 0 Å². The van der Waals surface area contributed by atoms with Crippen LogP contribution in [0.4, 0.5) is 0 Å². The molecule has 0 atom stereocenters. The first-order chi connectivity index (χ1) is 8.78. The highest BCUT2D eigenvalue weighted by Gasteiger charge is 2.05. The lowest BCUT2D eigenvalue weighted by atomic mass is 10.2. The molecule has 0 saturated heterocycles. The zero-order valence-electron chi connectivity index (χ0n) is 10.8. The van der Waals surface area contributed by atoms with E-state index < -0.39 is 0 Å². The van der Waals surface area contributed by atoms with Crippen molar-refractivity contribution in [1.82, 2.24) is 14.1 Å². The number of rotatable bonds is 3. The molecule has 0 N–H and O–H groups in total. The number of benzene rings is 1. The van der Waals surface area contributed by atoms with Crippen molar-refractivity contribution in [2.75, 3.05) is 0 Å². The fourth-order valence-corrected chi connectivity index (χ4v) is 2.39. The maximum Gasteiger partial charge on any atom is 0.128 e. The Balaban J connectivity index is 2.00. The SMILES string of the molecule is CCn1ccnc1Cn1ccc2cc(C)ccc21. The van der Waals surface area contributed by atoms with Crippen LogP contribution in [-0.2, 0) is 13.1 Å². The van der Waals surface area contributed by atoms with Crippen molar-refractivity contribution in [2.24, 2.45) is 0 Å². The molecule has 0 saturated carbocycles. The molecule has 0 fully saturated rings. The van der Waals surface area contributed by atoms with Gasteiger partial charge in [-0.2, -0.15) is 0 Å². The van der Waals surface area contributed by atoms with Crippen molar-refractivity contribution in [2.45, 2.75) is 26.9 Å². The lowest BCUT2D eigenvalue weighted by molar-refractivity contribution is 0.662. The first kappa shape index (κ1) is 11.1. The highest BCUT2D eigenvalue weighted by Crippen LogP contribution is 2.18. The van der Waals surface area contributed by atoms with Gasteiger partial charge in [-0.15, -0.1) is 0 Å². The summed E-state index contributed by atoms with van der Waals surface area (Å²) in [7, 11) is 0. The number of hydrogen-bond acceptors (Lipinski definition) is 1. The highest BCUT2D eigenvalue weighted by atomic mass is 15.1. The summed E-state index contributed by atoms with van der Waals surface area (Å²) in [5, 5.41) is 1.30. The summed E-state index contributed by atoms with van der Waals surface area (Å²) in [5.41, 5.74) is 2.57. The largest absolute Gasteiger partial charge is 0.340 e. The van der Waals surface area contributed by atoms with Gasteiger partial charge in [-0.25, -0.2) is 4.98 Å². The maximum atomic E-state index is 4.43. The Morgan fingerprint density at radius 1 is 1.11 bits per heavy atom. The normalized spacial score (nSPS) is 11.2. The van der Waals surface area contributed by atoms with Crippen LogP contribution in [0.25, 0.3) is 10.9 Å². The van der Waals surface area contributed by atoms with Crippen LogP contribution in [0.5, 0.6) is 0 Å². The quantitative estimate of drug-likeness (QED) is 0.688. The minimum atomic E-state index is 0.827. The molecule has 3 rings (SSSR count). The maximum absolute atomic E-state index is 4.43. The highest BCUT2D eigenvalue weighted by molar-refractivity contribution is 5.80. The molecule has 0 aliphatic heterocycles. The summed E-state index contributed by atoms with van der Waals surface area (Å²) < 4.78 is 4.43. The Morgan fingerprint density at radius 2 is 2.00 bits per heavy atom. The zero-order valence-corrected chi connectivity index (χ0v) is 10.8. The summed E-state index contributed by atoms with van der Waals surface area (Å²) in [4.78, 5) is 4.43. The van der Waals surface area contributed by atoms with Gasteiger partial charge >= 0.3 is 0 Å². The molecule has 1 aromatic carbocycles. The Bertz CT molecular complexity index is 676. The van der Waals surface area contributed by atoms with Crippen LogP contribution in [0.2, 0.25) is 0 Å². The summed E-state index contributed by atoms with van der Waals surface area (Å²) in [6.45, 7) is 6.06. The third kappa shape index (κ3) is 1.82. The minimum Gasteiger partial charge on any atom is -0.340 e. The Kier molecular flexibility index (Phi) is 2.67. The zero-order chi connectivity index (χ0) is 12.5. The third-order valence-electron chi connectivity index (χ3n) is 3.38. The van der Waals surface area contributed by atoms with Gasteiger partial charge in [0.15, 0.2) is 0 Å². The monoisotopic (exact) mass is 239 g/mol. The van der Waals surface area contributed by atoms with Crippen molar-refractivity contribution in [3.63, 3.8) is 0 Å². The van der Waals surface area contributed by atoms with Crippen LogP contribution < -0.4 is 0 Å². The molecule has 3 nitrogen and oxygen atoms in total. The van der Waals surface area contributed by atoms with E-state index in [0.717, 1.165) is 18.9 Å². The molecule has 0 aliphatic rings. The minimum absolute atomic E-state index is 0.827. The van der Waals surface area contributed by atoms with E-state index in [1.807, 2.05) is 12.4 Å². The predicted octanol–water partition coefficient (Wildman–Crippen LogP) is 3.21. The van der Waals surface area contributed by atoms with Crippen molar-refractivity contribution >= 4 is 10.9 Å². The second kappa shape index (κ2) is 4.33. The Hall–Kier alpha value is -2.03. The standard InChI is InChI=1S/C15H17N3/c1-3-17-9-7-16-15(17)11-18-8-6-13-10-12(2)4-5-14(13)18/h4-10H,3,11H2,1-2H3. The smallest absolute Gasteiger partial charge is 0.128 e. The van der Waals surface area contributed by atoms with Gasteiger partial charge in [0.25, 0.3) is 0 Å². The van der Waals surface area contributed by atoms with Gasteiger partial charge in [-0.3, -0.25) is 0 Å². The third-order valence-corrected chi connectivity index (χ3v) is 3.38. The molecule has 0 spiro atoms. The molecule has 0 aliphatic carbocycles. The van der Waals surface area contributed by atoms with E-state index in [9.17, 15) is 0 Å². The molecule has 3 heteroatoms. The molecule has 18 heavy (non-hydrogen) atoms.